The molecule has 1 fully saturated rings. The normalized spacial score (nSPS) is 19.9. The Labute approximate surface area is 171 Å². The molecule has 2 aromatic carbocycles. The van der Waals surface area contributed by atoms with Crippen molar-refractivity contribution in [2.45, 2.75) is 71.3 Å². The van der Waals surface area contributed by atoms with Gasteiger partial charge in [0.15, 0.2) is 0 Å². The van der Waals surface area contributed by atoms with Crippen LogP contribution < -0.4 is 0 Å². The lowest BCUT2D eigenvalue weighted by Crippen LogP contribution is -2.12. The molecule has 0 saturated heterocycles. The van der Waals surface area contributed by atoms with Gasteiger partial charge in [0.05, 0.1) is 6.61 Å². The number of hydrogen-bond donors (Lipinski definition) is 0. The van der Waals surface area contributed by atoms with Crippen molar-refractivity contribution in [1.29, 1.82) is 0 Å². The molecular weight excluding hydrogens is 340 g/mol. The van der Waals surface area contributed by atoms with Crippen LogP contribution in [0.25, 0.3) is 11.1 Å². The molecular formula is C27H36O. The summed E-state index contributed by atoms with van der Waals surface area (Å²) in [4.78, 5) is 0. The summed E-state index contributed by atoms with van der Waals surface area (Å²) in [6.45, 7) is 5.90. The van der Waals surface area contributed by atoms with Gasteiger partial charge in [-0.15, -0.1) is 0 Å². The van der Waals surface area contributed by atoms with Crippen LogP contribution in [0.5, 0.6) is 0 Å². The second kappa shape index (κ2) is 11.2. The summed E-state index contributed by atoms with van der Waals surface area (Å²) in [7, 11) is 0. The zero-order valence-electron chi connectivity index (χ0n) is 17.7. The Kier molecular flexibility index (Phi) is 8.36. The smallest absolute Gasteiger partial charge is 0.0716 e. The van der Waals surface area contributed by atoms with E-state index in [1.54, 1.807) is 0 Å². The average Bonchev–Trinajstić information content (AvgIpc) is 2.76. The van der Waals surface area contributed by atoms with Crippen LogP contribution in [0.1, 0.15) is 75.8 Å². The lowest BCUT2D eigenvalue weighted by molar-refractivity contribution is 0.118. The minimum Gasteiger partial charge on any atom is -0.377 e. The molecule has 1 aliphatic rings. The van der Waals surface area contributed by atoms with Gasteiger partial charge in [-0.05, 0) is 79.5 Å². The first-order chi connectivity index (χ1) is 13.8. The maximum atomic E-state index is 5.71. The molecule has 0 aromatic heterocycles. The first kappa shape index (κ1) is 20.9. The molecule has 3 rings (SSSR count). The summed E-state index contributed by atoms with van der Waals surface area (Å²) in [5.74, 6) is 1.65. The molecule has 0 spiro atoms. The highest BCUT2D eigenvalue weighted by Crippen LogP contribution is 2.37. The van der Waals surface area contributed by atoms with E-state index >= 15 is 0 Å². The SMILES string of the molecule is CC=CCC1CCC(c2ccc(-c3ccc(COCCCC)cc3)cc2)CC1. The van der Waals surface area contributed by atoms with E-state index in [1.165, 1.54) is 60.8 Å². The number of benzene rings is 2. The van der Waals surface area contributed by atoms with Gasteiger partial charge in [-0.1, -0.05) is 74.0 Å². The first-order valence-corrected chi connectivity index (χ1v) is 11.2. The molecule has 0 atom stereocenters. The van der Waals surface area contributed by atoms with E-state index in [1.807, 2.05) is 0 Å². The number of unbranched alkanes of at least 4 members (excludes halogenated alkanes) is 1. The van der Waals surface area contributed by atoms with Crippen molar-refractivity contribution in [2.24, 2.45) is 5.92 Å². The maximum absolute atomic E-state index is 5.71. The maximum Gasteiger partial charge on any atom is 0.0716 e. The topological polar surface area (TPSA) is 9.23 Å². The third-order valence-corrected chi connectivity index (χ3v) is 6.13. The molecule has 0 radical (unpaired) electrons. The zero-order chi connectivity index (χ0) is 19.6. The van der Waals surface area contributed by atoms with E-state index in [0.717, 1.165) is 31.5 Å². The minimum absolute atomic E-state index is 0.718. The van der Waals surface area contributed by atoms with Gasteiger partial charge in [0.25, 0.3) is 0 Å². The molecule has 0 N–H and O–H groups in total. The number of ether oxygens (including phenoxy) is 1. The van der Waals surface area contributed by atoms with Crippen LogP contribution in [-0.2, 0) is 11.3 Å². The summed E-state index contributed by atoms with van der Waals surface area (Å²) in [6, 6.07) is 18.1. The minimum atomic E-state index is 0.718. The zero-order valence-corrected chi connectivity index (χ0v) is 17.7. The van der Waals surface area contributed by atoms with Crippen molar-refractivity contribution in [3.63, 3.8) is 0 Å². The van der Waals surface area contributed by atoms with E-state index in [2.05, 4.69) is 74.5 Å². The van der Waals surface area contributed by atoms with Crippen LogP contribution in [0.15, 0.2) is 60.7 Å². The summed E-state index contributed by atoms with van der Waals surface area (Å²) in [5.41, 5.74) is 5.38. The first-order valence-electron chi connectivity index (χ1n) is 11.2. The summed E-state index contributed by atoms with van der Waals surface area (Å²) >= 11 is 0. The molecule has 0 unspecified atom stereocenters. The quantitative estimate of drug-likeness (QED) is 0.319. The van der Waals surface area contributed by atoms with Gasteiger partial charge in [0, 0.05) is 6.61 Å². The van der Waals surface area contributed by atoms with E-state index in [-0.39, 0.29) is 0 Å². The Morgan fingerprint density at radius 2 is 1.54 bits per heavy atom. The largest absolute Gasteiger partial charge is 0.377 e. The molecule has 150 valence electrons. The monoisotopic (exact) mass is 376 g/mol. The average molecular weight is 377 g/mol. The lowest BCUT2D eigenvalue weighted by atomic mass is 9.77. The molecule has 0 amide bonds. The van der Waals surface area contributed by atoms with Crippen LogP contribution in [0.3, 0.4) is 0 Å². The number of hydrogen-bond acceptors (Lipinski definition) is 1. The van der Waals surface area contributed by atoms with E-state index in [0.29, 0.717) is 0 Å². The van der Waals surface area contributed by atoms with Crippen molar-refractivity contribution in [3.8, 4) is 11.1 Å². The predicted molar refractivity (Wildman–Crippen MR) is 121 cm³/mol. The van der Waals surface area contributed by atoms with Gasteiger partial charge in [0.2, 0.25) is 0 Å². The highest BCUT2D eigenvalue weighted by molar-refractivity contribution is 5.64. The van der Waals surface area contributed by atoms with Gasteiger partial charge in [-0.25, -0.2) is 0 Å². The third-order valence-electron chi connectivity index (χ3n) is 6.13. The van der Waals surface area contributed by atoms with Crippen molar-refractivity contribution in [1.82, 2.24) is 0 Å². The van der Waals surface area contributed by atoms with Crippen LogP contribution in [0, 0.1) is 5.92 Å². The summed E-state index contributed by atoms with van der Waals surface area (Å²) < 4.78 is 5.71. The molecule has 1 nitrogen and oxygen atoms in total. The molecule has 1 aliphatic carbocycles. The highest BCUT2D eigenvalue weighted by atomic mass is 16.5. The number of rotatable bonds is 9. The number of allylic oxidation sites excluding steroid dienone is 2. The molecule has 28 heavy (non-hydrogen) atoms. The second-order valence-electron chi connectivity index (χ2n) is 8.25. The fraction of sp³-hybridized carbons (Fsp3) is 0.481. The van der Waals surface area contributed by atoms with Crippen molar-refractivity contribution < 1.29 is 4.74 Å². The van der Waals surface area contributed by atoms with E-state index in [9.17, 15) is 0 Å². The van der Waals surface area contributed by atoms with Crippen LogP contribution >= 0.6 is 0 Å². The van der Waals surface area contributed by atoms with Gasteiger partial charge in [-0.2, -0.15) is 0 Å². The van der Waals surface area contributed by atoms with E-state index in [4.69, 9.17) is 4.74 Å². The van der Waals surface area contributed by atoms with Crippen molar-refractivity contribution in [2.75, 3.05) is 6.61 Å². The molecule has 0 aliphatic heterocycles. The predicted octanol–water partition coefficient (Wildman–Crippen LogP) is 7.91. The molecule has 2 aromatic rings. The standard InChI is InChI=1S/C27H36O/c1-3-5-7-22-8-12-24(13-9-22)26-16-18-27(19-17-26)25-14-10-23(11-15-25)21-28-20-6-4-2/h3,5,10-11,14-19,22,24H,4,6-9,12-13,20-21H2,1-2H3. The highest BCUT2D eigenvalue weighted by Gasteiger charge is 2.21. The molecule has 1 heteroatoms. The van der Waals surface area contributed by atoms with Gasteiger partial charge < -0.3 is 4.74 Å². The van der Waals surface area contributed by atoms with Crippen molar-refractivity contribution >= 4 is 0 Å². The Morgan fingerprint density at radius 1 is 0.893 bits per heavy atom. The summed E-state index contributed by atoms with van der Waals surface area (Å²) in [6.07, 6.45) is 13.6. The third kappa shape index (κ3) is 6.07. The fourth-order valence-corrected chi connectivity index (χ4v) is 4.24. The van der Waals surface area contributed by atoms with Gasteiger partial charge in [-0.3, -0.25) is 0 Å². The molecule has 0 heterocycles. The Balaban J connectivity index is 1.53. The Bertz CT molecular complexity index is 703. The van der Waals surface area contributed by atoms with Gasteiger partial charge >= 0.3 is 0 Å². The van der Waals surface area contributed by atoms with Crippen molar-refractivity contribution in [3.05, 3.63) is 71.8 Å². The second-order valence-corrected chi connectivity index (χ2v) is 8.25. The molecule has 0 bridgehead atoms. The summed E-state index contributed by atoms with van der Waals surface area (Å²) in [5, 5.41) is 0. The Morgan fingerprint density at radius 3 is 2.14 bits per heavy atom. The lowest BCUT2D eigenvalue weighted by Gasteiger charge is -2.28. The van der Waals surface area contributed by atoms with Gasteiger partial charge in [0.1, 0.15) is 0 Å². The fourth-order valence-electron chi connectivity index (χ4n) is 4.24. The van der Waals surface area contributed by atoms with E-state index < -0.39 is 0 Å². The van der Waals surface area contributed by atoms with Crippen LogP contribution in [0.4, 0.5) is 0 Å². The van der Waals surface area contributed by atoms with Crippen LogP contribution in [0.2, 0.25) is 0 Å². The van der Waals surface area contributed by atoms with Crippen LogP contribution in [-0.4, -0.2) is 6.61 Å². The Hall–Kier alpha value is -1.86. The molecule has 1 saturated carbocycles.